The standard InChI is InChI=1S/C38H87NO16Si5/c1-37(25-18-20-30-56(41-3,42-4)43-5,26-19-21-31-57(44-6,45-7)46-8)35-39(2)36(40)38(27-22-32-58(47-9,48-10)49-11,28-23-33-59(50-12,51-13)52-14)29-24-34-60(53-15,54-16)55-17/h18-35H2,1-17H3. The van der Waals surface area contributed by atoms with Crippen molar-refractivity contribution in [3.05, 3.63) is 0 Å². The van der Waals surface area contributed by atoms with Crippen LogP contribution in [0.4, 0.5) is 0 Å². The Morgan fingerprint density at radius 1 is 0.367 bits per heavy atom. The maximum atomic E-state index is 15.5. The third kappa shape index (κ3) is 18.1. The number of hydrogen-bond donors (Lipinski definition) is 0. The summed E-state index contributed by atoms with van der Waals surface area (Å²) < 4.78 is 86.6. The lowest BCUT2D eigenvalue weighted by atomic mass is 9.73. The Balaban J connectivity index is 7.04. The zero-order chi connectivity index (χ0) is 46.0. The highest BCUT2D eigenvalue weighted by molar-refractivity contribution is 6.62. The van der Waals surface area contributed by atoms with Crippen molar-refractivity contribution in [1.29, 1.82) is 0 Å². The third-order valence-corrected chi connectivity index (χ3v) is 26.7. The Hall–Kier alpha value is -0.0456. The lowest BCUT2D eigenvalue weighted by Crippen LogP contribution is -2.48. The number of rotatable bonds is 40. The summed E-state index contributed by atoms with van der Waals surface area (Å²) in [4.78, 5) is 17.4. The topological polar surface area (TPSA) is 159 Å². The molecule has 0 bridgehead atoms. The van der Waals surface area contributed by atoms with E-state index in [1.165, 1.54) is 0 Å². The van der Waals surface area contributed by atoms with Crippen LogP contribution in [0.25, 0.3) is 0 Å². The highest BCUT2D eigenvalue weighted by Crippen LogP contribution is 2.43. The molecule has 0 aliphatic heterocycles. The Morgan fingerprint density at radius 2 is 0.583 bits per heavy atom. The average molecular weight is 955 g/mol. The fraction of sp³-hybridized carbons (Fsp3) is 0.974. The quantitative estimate of drug-likeness (QED) is 0.0483. The molecule has 360 valence electrons. The Kier molecular flexibility index (Phi) is 30.2. The number of unbranched alkanes of at least 4 members (excludes halogenated alkanes) is 2. The van der Waals surface area contributed by atoms with Gasteiger partial charge in [0.05, 0.1) is 0 Å². The van der Waals surface area contributed by atoms with Crippen LogP contribution in [0.5, 0.6) is 0 Å². The monoisotopic (exact) mass is 953 g/mol. The van der Waals surface area contributed by atoms with Crippen molar-refractivity contribution < 1.29 is 71.2 Å². The minimum atomic E-state index is -2.94. The first-order valence-electron chi connectivity index (χ1n) is 21.0. The van der Waals surface area contributed by atoms with Crippen LogP contribution in [0.15, 0.2) is 0 Å². The molecule has 1 amide bonds. The van der Waals surface area contributed by atoms with Crippen LogP contribution in [-0.4, -0.2) is 175 Å². The molecular formula is C38H87NO16Si5. The second-order valence-electron chi connectivity index (χ2n) is 15.7. The maximum absolute atomic E-state index is 15.5. The van der Waals surface area contributed by atoms with Gasteiger partial charge in [0.15, 0.2) is 0 Å². The molecule has 0 unspecified atom stereocenters. The maximum Gasteiger partial charge on any atom is 0.500 e. The van der Waals surface area contributed by atoms with Crippen LogP contribution in [-0.2, 0) is 71.2 Å². The predicted molar refractivity (Wildman–Crippen MR) is 242 cm³/mol. The molecule has 60 heavy (non-hydrogen) atoms. The van der Waals surface area contributed by atoms with E-state index in [0.29, 0.717) is 75.3 Å². The van der Waals surface area contributed by atoms with E-state index in [9.17, 15) is 0 Å². The SMILES string of the molecule is CO[Si](CCCCC(C)(CCCC[Si](OC)(OC)OC)CN(C)C(=O)C(CCC[Si](OC)(OC)OC)(CCC[Si](OC)(OC)OC)CCC[Si](OC)(OC)OC)(OC)OC. The second kappa shape index (κ2) is 30.2. The van der Waals surface area contributed by atoms with Gasteiger partial charge < -0.3 is 71.3 Å². The summed E-state index contributed by atoms with van der Waals surface area (Å²) in [6, 6.07) is 3.06. The minimum absolute atomic E-state index is 0.0847. The fourth-order valence-corrected chi connectivity index (χ4v) is 17.3. The van der Waals surface area contributed by atoms with Crippen LogP contribution in [0.2, 0.25) is 30.2 Å². The van der Waals surface area contributed by atoms with Crippen molar-refractivity contribution in [3.63, 3.8) is 0 Å². The molecule has 0 aliphatic carbocycles. The molecule has 0 aromatic carbocycles. The smallest absolute Gasteiger partial charge is 0.377 e. The van der Waals surface area contributed by atoms with Crippen molar-refractivity contribution >= 4 is 49.9 Å². The van der Waals surface area contributed by atoms with Gasteiger partial charge in [0.25, 0.3) is 0 Å². The molecule has 0 aromatic rings. The Morgan fingerprint density at radius 3 is 0.800 bits per heavy atom. The van der Waals surface area contributed by atoms with E-state index < -0.39 is 49.4 Å². The first-order chi connectivity index (χ1) is 28.5. The lowest BCUT2D eigenvalue weighted by Gasteiger charge is -2.41. The molecule has 0 saturated carbocycles. The van der Waals surface area contributed by atoms with E-state index in [2.05, 4.69) is 6.92 Å². The number of hydrogen-bond acceptors (Lipinski definition) is 16. The highest BCUT2D eigenvalue weighted by Gasteiger charge is 2.47. The molecule has 0 spiro atoms. The summed E-state index contributed by atoms with van der Waals surface area (Å²) in [6.45, 7) is 2.85. The molecule has 22 heteroatoms. The summed E-state index contributed by atoms with van der Waals surface area (Å²) in [5.74, 6) is 0.0847. The van der Waals surface area contributed by atoms with E-state index in [0.717, 1.165) is 38.5 Å². The first-order valence-corrected chi connectivity index (χ1v) is 30.7. The summed E-state index contributed by atoms with van der Waals surface area (Å²) in [5, 5.41) is 0. The number of carbonyl (C=O) groups is 1. The van der Waals surface area contributed by atoms with Crippen molar-refractivity contribution in [1.82, 2.24) is 4.90 Å². The molecule has 17 nitrogen and oxygen atoms in total. The van der Waals surface area contributed by atoms with E-state index in [-0.39, 0.29) is 11.3 Å². The van der Waals surface area contributed by atoms with Gasteiger partial charge in [-0.25, -0.2) is 0 Å². The number of amides is 1. The molecule has 0 N–H and O–H groups in total. The molecule has 0 rings (SSSR count). The van der Waals surface area contributed by atoms with Gasteiger partial charge in [0.2, 0.25) is 5.91 Å². The van der Waals surface area contributed by atoms with Gasteiger partial charge >= 0.3 is 44.0 Å². The fourth-order valence-electron chi connectivity index (χ4n) is 8.53. The van der Waals surface area contributed by atoms with Gasteiger partial charge in [0.1, 0.15) is 0 Å². The summed E-state index contributed by atoms with van der Waals surface area (Å²) >= 11 is 0. The predicted octanol–water partition coefficient (Wildman–Crippen LogP) is 6.51. The highest BCUT2D eigenvalue weighted by atomic mass is 28.4. The molecule has 0 saturated heterocycles. The van der Waals surface area contributed by atoms with Gasteiger partial charge in [-0.05, 0) is 69.6 Å². The normalized spacial score (nSPS) is 13.7. The second-order valence-corrected chi connectivity index (χ2v) is 31.2. The van der Waals surface area contributed by atoms with Gasteiger partial charge in [-0.3, -0.25) is 4.79 Å². The molecule has 0 radical (unpaired) electrons. The summed E-state index contributed by atoms with van der Waals surface area (Å²) in [5.41, 5.74) is -0.999. The van der Waals surface area contributed by atoms with E-state index >= 15 is 4.79 Å². The van der Waals surface area contributed by atoms with Crippen LogP contribution >= 0.6 is 0 Å². The zero-order valence-corrected chi connectivity index (χ0v) is 45.7. The van der Waals surface area contributed by atoms with Gasteiger partial charge in [0, 0.05) is 156 Å². The van der Waals surface area contributed by atoms with E-state index in [4.69, 9.17) is 66.4 Å². The summed E-state index contributed by atoms with van der Waals surface area (Å²) in [6.07, 6.45) is 9.01. The van der Waals surface area contributed by atoms with Crippen molar-refractivity contribution in [2.75, 3.05) is 120 Å². The number of carbonyl (C=O) groups excluding carboxylic acids is 1. The van der Waals surface area contributed by atoms with Crippen LogP contribution < -0.4 is 0 Å². The minimum Gasteiger partial charge on any atom is -0.377 e. The third-order valence-electron chi connectivity index (χ3n) is 12.5. The van der Waals surface area contributed by atoms with Crippen LogP contribution in [0, 0.1) is 10.8 Å². The van der Waals surface area contributed by atoms with Crippen molar-refractivity contribution in [2.24, 2.45) is 10.8 Å². The molecule has 0 aromatic heterocycles. The molecular weight excluding hydrogens is 867 g/mol. The van der Waals surface area contributed by atoms with Crippen LogP contribution in [0.3, 0.4) is 0 Å². The van der Waals surface area contributed by atoms with Gasteiger partial charge in [-0.1, -0.05) is 19.8 Å². The van der Waals surface area contributed by atoms with Crippen LogP contribution in [0.1, 0.15) is 84.0 Å². The molecule has 0 heterocycles. The zero-order valence-electron chi connectivity index (χ0n) is 40.7. The first kappa shape index (κ1) is 60.0. The molecule has 0 atom stereocenters. The van der Waals surface area contributed by atoms with E-state index in [1.807, 2.05) is 11.9 Å². The summed E-state index contributed by atoms with van der Waals surface area (Å²) in [7, 11) is 12.1. The Bertz CT molecular complexity index is 981. The van der Waals surface area contributed by atoms with Crippen molar-refractivity contribution in [3.8, 4) is 0 Å². The molecule has 0 aliphatic rings. The largest absolute Gasteiger partial charge is 0.500 e. The Labute approximate surface area is 370 Å². The average Bonchev–Trinajstić information content (AvgIpc) is 3.28. The van der Waals surface area contributed by atoms with E-state index in [1.54, 1.807) is 107 Å². The van der Waals surface area contributed by atoms with Crippen molar-refractivity contribution in [2.45, 2.75) is 114 Å². The van der Waals surface area contributed by atoms with Gasteiger partial charge in [-0.2, -0.15) is 0 Å². The number of nitrogens with zero attached hydrogens (tertiary/aromatic N) is 1. The lowest BCUT2D eigenvalue weighted by molar-refractivity contribution is -0.144. The van der Waals surface area contributed by atoms with Gasteiger partial charge in [-0.15, -0.1) is 0 Å². The molecule has 0 fully saturated rings.